The molecule has 29 heavy (non-hydrogen) atoms. The van der Waals surface area contributed by atoms with Gasteiger partial charge in [-0.1, -0.05) is 36.4 Å². The minimum Gasteiger partial charge on any atom is -0.493 e. The van der Waals surface area contributed by atoms with Gasteiger partial charge in [0.05, 0.1) is 12.8 Å². The van der Waals surface area contributed by atoms with Crippen molar-refractivity contribution in [1.29, 1.82) is 0 Å². The first-order valence-electron chi connectivity index (χ1n) is 9.09. The lowest BCUT2D eigenvalue weighted by atomic mass is 9.84. The summed E-state index contributed by atoms with van der Waals surface area (Å²) in [7, 11) is 1.52. The van der Waals surface area contributed by atoms with E-state index < -0.39 is 5.91 Å². The number of rotatable bonds is 6. The standard InChI is InChI=1S/C21H20N4O4/c1-28-16-9-13(7-8-15(16)29-11-17(22)26)14-10-18(27)23-21-19(14)20(24-25-21)12-5-3-2-4-6-12/h2-9,14H,10-11H2,1H3,(H2,22,26)(H2,23,24,25,27). The van der Waals surface area contributed by atoms with Crippen molar-refractivity contribution in [3.63, 3.8) is 0 Å². The van der Waals surface area contributed by atoms with E-state index in [0.29, 0.717) is 17.3 Å². The second-order valence-corrected chi connectivity index (χ2v) is 6.70. The van der Waals surface area contributed by atoms with E-state index in [0.717, 1.165) is 22.4 Å². The van der Waals surface area contributed by atoms with Crippen LogP contribution >= 0.6 is 0 Å². The fourth-order valence-corrected chi connectivity index (χ4v) is 3.53. The van der Waals surface area contributed by atoms with Crippen molar-refractivity contribution in [3.8, 4) is 22.8 Å². The van der Waals surface area contributed by atoms with E-state index in [1.54, 1.807) is 6.07 Å². The van der Waals surface area contributed by atoms with Gasteiger partial charge in [0.1, 0.15) is 0 Å². The van der Waals surface area contributed by atoms with Crippen LogP contribution < -0.4 is 20.5 Å². The van der Waals surface area contributed by atoms with Crippen LogP contribution in [-0.2, 0) is 9.59 Å². The summed E-state index contributed by atoms with van der Waals surface area (Å²) in [5.41, 5.74) is 8.79. The van der Waals surface area contributed by atoms with Gasteiger partial charge < -0.3 is 20.5 Å². The van der Waals surface area contributed by atoms with Crippen LogP contribution in [0.25, 0.3) is 11.3 Å². The number of aromatic nitrogens is 2. The Morgan fingerprint density at radius 2 is 2.00 bits per heavy atom. The molecule has 0 saturated heterocycles. The number of amides is 2. The number of H-pyrrole nitrogens is 1. The number of aromatic amines is 1. The third-order valence-corrected chi connectivity index (χ3v) is 4.82. The van der Waals surface area contributed by atoms with Gasteiger partial charge in [0.15, 0.2) is 23.9 Å². The molecule has 4 N–H and O–H groups in total. The smallest absolute Gasteiger partial charge is 0.255 e. The summed E-state index contributed by atoms with van der Waals surface area (Å²) in [5.74, 6) is 0.495. The molecule has 3 aromatic rings. The number of carbonyl (C=O) groups is 2. The largest absolute Gasteiger partial charge is 0.493 e. The number of primary amides is 1. The number of methoxy groups -OCH3 is 1. The van der Waals surface area contributed by atoms with Gasteiger partial charge in [0, 0.05) is 17.9 Å². The van der Waals surface area contributed by atoms with Crippen LogP contribution in [0.4, 0.5) is 5.82 Å². The van der Waals surface area contributed by atoms with E-state index in [2.05, 4.69) is 15.5 Å². The Bertz CT molecular complexity index is 1060. The van der Waals surface area contributed by atoms with E-state index in [-0.39, 0.29) is 24.9 Å². The molecule has 0 aliphatic carbocycles. The van der Waals surface area contributed by atoms with Crippen LogP contribution in [0.2, 0.25) is 0 Å². The number of nitrogens with zero attached hydrogens (tertiary/aromatic N) is 1. The lowest BCUT2D eigenvalue weighted by Gasteiger charge is -2.24. The highest BCUT2D eigenvalue weighted by molar-refractivity contribution is 5.96. The van der Waals surface area contributed by atoms with Crippen molar-refractivity contribution in [3.05, 3.63) is 59.7 Å². The molecule has 1 aromatic heterocycles. The van der Waals surface area contributed by atoms with Crippen LogP contribution in [0.15, 0.2) is 48.5 Å². The average molecular weight is 392 g/mol. The van der Waals surface area contributed by atoms with Gasteiger partial charge in [0.25, 0.3) is 5.91 Å². The minimum absolute atomic E-state index is 0.110. The number of benzene rings is 2. The van der Waals surface area contributed by atoms with Gasteiger partial charge >= 0.3 is 0 Å². The lowest BCUT2D eigenvalue weighted by molar-refractivity contribution is -0.120. The number of nitrogens with one attached hydrogen (secondary N) is 2. The Balaban J connectivity index is 1.76. The van der Waals surface area contributed by atoms with Gasteiger partial charge in [-0.25, -0.2) is 0 Å². The highest BCUT2D eigenvalue weighted by atomic mass is 16.5. The van der Waals surface area contributed by atoms with E-state index in [1.165, 1.54) is 7.11 Å². The first-order valence-corrected chi connectivity index (χ1v) is 9.09. The second-order valence-electron chi connectivity index (χ2n) is 6.70. The summed E-state index contributed by atoms with van der Waals surface area (Å²) < 4.78 is 10.8. The van der Waals surface area contributed by atoms with Crippen molar-refractivity contribution in [2.24, 2.45) is 5.73 Å². The van der Waals surface area contributed by atoms with E-state index >= 15 is 0 Å². The SMILES string of the molecule is COc1cc(C2CC(=O)Nc3n[nH]c(-c4ccccc4)c32)ccc1OCC(N)=O. The zero-order valence-electron chi connectivity index (χ0n) is 15.8. The molecule has 1 unspecified atom stereocenters. The summed E-state index contributed by atoms with van der Waals surface area (Å²) in [5, 5.41) is 10.2. The van der Waals surface area contributed by atoms with Crippen LogP contribution in [0.5, 0.6) is 11.5 Å². The molecule has 2 heterocycles. The molecule has 148 valence electrons. The molecule has 0 saturated carbocycles. The first kappa shape index (κ1) is 18.5. The molecule has 0 fully saturated rings. The molecule has 2 aromatic carbocycles. The fourth-order valence-electron chi connectivity index (χ4n) is 3.53. The normalized spacial score (nSPS) is 15.3. The number of ether oxygens (including phenoxy) is 2. The van der Waals surface area contributed by atoms with Crippen LogP contribution in [0, 0.1) is 0 Å². The predicted molar refractivity (Wildman–Crippen MR) is 107 cm³/mol. The maximum atomic E-state index is 12.3. The number of hydrogen-bond acceptors (Lipinski definition) is 5. The summed E-state index contributed by atoms with van der Waals surface area (Å²) in [6, 6.07) is 15.2. The van der Waals surface area contributed by atoms with Crippen molar-refractivity contribution < 1.29 is 19.1 Å². The van der Waals surface area contributed by atoms with Crippen LogP contribution in [0.3, 0.4) is 0 Å². The maximum Gasteiger partial charge on any atom is 0.255 e. The summed E-state index contributed by atoms with van der Waals surface area (Å²) >= 11 is 0. The van der Waals surface area contributed by atoms with Crippen LogP contribution in [-0.4, -0.2) is 35.7 Å². The second kappa shape index (κ2) is 7.67. The van der Waals surface area contributed by atoms with Crippen molar-refractivity contribution in [2.75, 3.05) is 19.0 Å². The quantitative estimate of drug-likeness (QED) is 0.595. The topological polar surface area (TPSA) is 119 Å². The fraction of sp³-hybridized carbons (Fsp3) is 0.190. The maximum absolute atomic E-state index is 12.3. The highest BCUT2D eigenvalue weighted by Crippen LogP contribution is 2.43. The van der Waals surface area contributed by atoms with Crippen molar-refractivity contribution >= 4 is 17.6 Å². The summed E-state index contributed by atoms with van der Waals surface area (Å²) in [4.78, 5) is 23.3. The molecular weight excluding hydrogens is 372 g/mol. The molecule has 1 aliphatic heterocycles. The molecule has 8 nitrogen and oxygen atoms in total. The number of anilines is 1. The summed E-state index contributed by atoms with van der Waals surface area (Å²) in [6.45, 7) is -0.244. The molecule has 8 heteroatoms. The van der Waals surface area contributed by atoms with Crippen molar-refractivity contribution in [2.45, 2.75) is 12.3 Å². The van der Waals surface area contributed by atoms with Crippen LogP contribution in [0.1, 0.15) is 23.5 Å². The average Bonchev–Trinajstić information content (AvgIpc) is 3.15. The Morgan fingerprint density at radius 3 is 2.72 bits per heavy atom. The Labute approximate surface area is 167 Å². The molecule has 0 bridgehead atoms. The van der Waals surface area contributed by atoms with Crippen molar-refractivity contribution in [1.82, 2.24) is 10.2 Å². The number of carbonyl (C=O) groups excluding carboxylic acids is 2. The zero-order valence-corrected chi connectivity index (χ0v) is 15.8. The summed E-state index contributed by atoms with van der Waals surface area (Å²) in [6.07, 6.45) is 0.275. The number of hydrogen-bond donors (Lipinski definition) is 3. The minimum atomic E-state index is -0.573. The number of nitrogens with two attached hydrogens (primary N) is 1. The Morgan fingerprint density at radius 1 is 1.21 bits per heavy atom. The molecule has 1 aliphatic rings. The Hall–Kier alpha value is -3.81. The third kappa shape index (κ3) is 3.64. The Kier molecular flexibility index (Phi) is 4.90. The van der Waals surface area contributed by atoms with E-state index in [1.807, 2.05) is 42.5 Å². The van der Waals surface area contributed by atoms with Gasteiger partial charge in [0.2, 0.25) is 5.91 Å². The van der Waals surface area contributed by atoms with Gasteiger partial charge in [-0.3, -0.25) is 14.7 Å². The van der Waals surface area contributed by atoms with E-state index in [4.69, 9.17) is 15.2 Å². The first-order chi connectivity index (χ1) is 14.1. The molecule has 0 spiro atoms. The molecule has 0 radical (unpaired) electrons. The molecule has 4 rings (SSSR count). The van der Waals surface area contributed by atoms with E-state index in [9.17, 15) is 9.59 Å². The third-order valence-electron chi connectivity index (χ3n) is 4.82. The number of fused-ring (bicyclic) bond motifs is 1. The lowest BCUT2D eigenvalue weighted by Crippen LogP contribution is -2.23. The van der Waals surface area contributed by atoms with Gasteiger partial charge in [-0.05, 0) is 23.3 Å². The predicted octanol–water partition coefficient (Wildman–Crippen LogP) is 2.42. The molecule has 1 atom stereocenters. The molecular formula is C21H20N4O4. The highest BCUT2D eigenvalue weighted by Gasteiger charge is 2.32. The van der Waals surface area contributed by atoms with Gasteiger partial charge in [-0.2, -0.15) is 5.10 Å². The van der Waals surface area contributed by atoms with Gasteiger partial charge in [-0.15, -0.1) is 0 Å². The zero-order chi connectivity index (χ0) is 20.4. The molecule has 2 amide bonds. The monoisotopic (exact) mass is 392 g/mol.